The summed E-state index contributed by atoms with van der Waals surface area (Å²) in [6.45, 7) is 2.63. The van der Waals surface area contributed by atoms with E-state index in [1.54, 1.807) is 30.3 Å². The molecule has 0 radical (unpaired) electrons. The van der Waals surface area contributed by atoms with Crippen LogP contribution in [-0.2, 0) is 11.4 Å². The number of carbonyl (C=O) groups is 1. The smallest absolute Gasteiger partial charge is 0.270 e. The Kier molecular flexibility index (Phi) is 7.33. The molecule has 0 spiro atoms. The Hall–Kier alpha value is -2.87. The third-order valence-electron chi connectivity index (χ3n) is 4.77. The molecule has 4 nitrogen and oxygen atoms in total. The Labute approximate surface area is 206 Å². The lowest BCUT2D eigenvalue weighted by Crippen LogP contribution is -2.27. The van der Waals surface area contributed by atoms with Gasteiger partial charge in [0, 0.05) is 10.6 Å². The number of rotatable bonds is 7. The lowest BCUT2D eigenvalue weighted by molar-refractivity contribution is -0.113. The molecule has 1 aliphatic rings. The molecule has 3 aromatic rings. The average Bonchev–Trinajstić information content (AvgIpc) is 3.07. The fraction of sp³-hybridized carbons (Fsp3) is 0.120. The molecule has 1 heterocycles. The number of halogens is 2. The first-order valence-electron chi connectivity index (χ1n) is 10.1. The van der Waals surface area contributed by atoms with Gasteiger partial charge in [0.05, 0.1) is 17.2 Å². The lowest BCUT2D eigenvalue weighted by atomic mass is 10.1. The summed E-state index contributed by atoms with van der Waals surface area (Å²) in [6, 6.07) is 18.7. The standard InChI is InChI=1S/C25H19ClFNO3S2/c1-2-30-22-12-16(10-11-21(22)31-15-17-6-3-4-9-20(17)26)13-23-24(29)28(25(32)33-23)19-8-5-7-18(27)14-19/h3-14H,2,15H2,1H3/b23-13+. The lowest BCUT2D eigenvalue weighted by Gasteiger charge is -2.14. The van der Waals surface area contributed by atoms with E-state index in [1.165, 1.54) is 28.8 Å². The molecule has 0 aromatic heterocycles. The van der Waals surface area contributed by atoms with Crippen molar-refractivity contribution in [2.24, 2.45) is 0 Å². The highest BCUT2D eigenvalue weighted by molar-refractivity contribution is 8.27. The Morgan fingerprint density at radius 2 is 1.88 bits per heavy atom. The van der Waals surface area contributed by atoms with E-state index in [4.69, 9.17) is 33.3 Å². The SMILES string of the molecule is CCOc1cc(/C=C2/SC(=S)N(c3cccc(F)c3)C2=O)ccc1OCc1ccccc1Cl. The number of thiocarbonyl (C=S) groups is 1. The van der Waals surface area contributed by atoms with Gasteiger partial charge in [0.15, 0.2) is 15.8 Å². The molecule has 8 heteroatoms. The Balaban J connectivity index is 1.56. The van der Waals surface area contributed by atoms with Gasteiger partial charge in [-0.3, -0.25) is 9.69 Å². The van der Waals surface area contributed by atoms with Crippen LogP contribution in [-0.4, -0.2) is 16.8 Å². The first-order valence-corrected chi connectivity index (χ1v) is 11.7. The molecule has 0 aliphatic carbocycles. The number of amides is 1. The Morgan fingerprint density at radius 1 is 1.06 bits per heavy atom. The van der Waals surface area contributed by atoms with Crippen LogP contribution < -0.4 is 14.4 Å². The zero-order valence-corrected chi connectivity index (χ0v) is 20.0. The summed E-state index contributed by atoms with van der Waals surface area (Å²) in [5.41, 5.74) is 2.02. The fourth-order valence-corrected chi connectivity index (χ4v) is 4.72. The second kappa shape index (κ2) is 10.4. The average molecular weight is 500 g/mol. The van der Waals surface area contributed by atoms with Crippen LogP contribution in [0.15, 0.2) is 71.6 Å². The molecule has 168 valence electrons. The number of carbonyl (C=O) groups excluding carboxylic acids is 1. The molecular formula is C25H19ClFNO3S2. The van der Waals surface area contributed by atoms with E-state index in [1.807, 2.05) is 37.3 Å². The summed E-state index contributed by atoms with van der Waals surface area (Å²) in [5.74, 6) is 0.395. The van der Waals surface area contributed by atoms with Gasteiger partial charge in [-0.05, 0) is 55.0 Å². The molecule has 0 unspecified atom stereocenters. The van der Waals surface area contributed by atoms with Crippen molar-refractivity contribution >= 4 is 57.6 Å². The maximum Gasteiger partial charge on any atom is 0.270 e. The molecule has 0 bridgehead atoms. The van der Waals surface area contributed by atoms with Gasteiger partial charge in [0.1, 0.15) is 12.4 Å². The van der Waals surface area contributed by atoms with Crippen molar-refractivity contribution < 1.29 is 18.7 Å². The minimum absolute atomic E-state index is 0.297. The van der Waals surface area contributed by atoms with Gasteiger partial charge >= 0.3 is 0 Å². The second-order valence-electron chi connectivity index (χ2n) is 7.02. The molecule has 1 amide bonds. The van der Waals surface area contributed by atoms with Crippen LogP contribution in [0.25, 0.3) is 6.08 Å². The van der Waals surface area contributed by atoms with Crippen LogP contribution in [0.4, 0.5) is 10.1 Å². The number of benzene rings is 3. The van der Waals surface area contributed by atoms with Crippen LogP contribution in [0, 0.1) is 5.82 Å². The van der Waals surface area contributed by atoms with Gasteiger partial charge in [-0.15, -0.1) is 0 Å². The topological polar surface area (TPSA) is 38.8 Å². The van der Waals surface area contributed by atoms with E-state index >= 15 is 0 Å². The van der Waals surface area contributed by atoms with Gasteiger partial charge in [-0.25, -0.2) is 4.39 Å². The molecule has 0 atom stereocenters. The maximum atomic E-state index is 13.6. The van der Waals surface area contributed by atoms with Crippen molar-refractivity contribution in [1.29, 1.82) is 0 Å². The minimum atomic E-state index is -0.431. The fourth-order valence-electron chi connectivity index (χ4n) is 3.23. The van der Waals surface area contributed by atoms with Crippen LogP contribution in [0.5, 0.6) is 11.5 Å². The number of hydrogen-bond donors (Lipinski definition) is 0. The van der Waals surface area contributed by atoms with Crippen molar-refractivity contribution in [3.05, 3.63) is 93.6 Å². The third kappa shape index (κ3) is 5.38. The van der Waals surface area contributed by atoms with Gasteiger partial charge < -0.3 is 9.47 Å². The summed E-state index contributed by atoms with van der Waals surface area (Å²) < 4.78 is 25.7. The predicted octanol–water partition coefficient (Wildman–Crippen LogP) is 6.86. The van der Waals surface area contributed by atoms with E-state index in [9.17, 15) is 9.18 Å². The molecule has 0 saturated carbocycles. The quantitative estimate of drug-likeness (QED) is 0.262. The molecule has 1 fully saturated rings. The van der Waals surface area contributed by atoms with Crippen LogP contribution in [0.3, 0.4) is 0 Å². The Morgan fingerprint density at radius 3 is 2.64 bits per heavy atom. The highest BCUT2D eigenvalue weighted by atomic mass is 35.5. The predicted molar refractivity (Wildman–Crippen MR) is 135 cm³/mol. The first kappa shape index (κ1) is 23.3. The zero-order valence-electron chi connectivity index (χ0n) is 17.6. The van der Waals surface area contributed by atoms with Crippen molar-refractivity contribution in [3.8, 4) is 11.5 Å². The first-order chi connectivity index (χ1) is 16.0. The number of anilines is 1. The van der Waals surface area contributed by atoms with Crippen molar-refractivity contribution in [2.75, 3.05) is 11.5 Å². The van der Waals surface area contributed by atoms with Crippen LogP contribution in [0.1, 0.15) is 18.1 Å². The second-order valence-corrected chi connectivity index (χ2v) is 9.10. The Bertz CT molecular complexity index is 1250. The van der Waals surface area contributed by atoms with E-state index < -0.39 is 5.82 Å². The van der Waals surface area contributed by atoms with Gasteiger partial charge in [-0.2, -0.15) is 0 Å². The monoisotopic (exact) mass is 499 g/mol. The van der Waals surface area contributed by atoms with E-state index in [0.717, 1.165) is 11.1 Å². The number of nitrogens with zero attached hydrogens (tertiary/aromatic N) is 1. The molecule has 4 rings (SSSR count). The highest BCUT2D eigenvalue weighted by Crippen LogP contribution is 2.37. The van der Waals surface area contributed by atoms with Gasteiger partial charge in [0.25, 0.3) is 5.91 Å². The van der Waals surface area contributed by atoms with Crippen molar-refractivity contribution in [3.63, 3.8) is 0 Å². The molecule has 3 aromatic carbocycles. The molecule has 33 heavy (non-hydrogen) atoms. The maximum absolute atomic E-state index is 13.6. The molecule has 0 N–H and O–H groups in total. The van der Waals surface area contributed by atoms with E-state index in [0.29, 0.717) is 44.6 Å². The number of thioether (sulfide) groups is 1. The molecule has 1 saturated heterocycles. The largest absolute Gasteiger partial charge is 0.490 e. The highest BCUT2D eigenvalue weighted by Gasteiger charge is 2.33. The normalized spacial score (nSPS) is 14.8. The van der Waals surface area contributed by atoms with Crippen molar-refractivity contribution in [1.82, 2.24) is 0 Å². The van der Waals surface area contributed by atoms with Crippen molar-refractivity contribution in [2.45, 2.75) is 13.5 Å². The summed E-state index contributed by atoms with van der Waals surface area (Å²) in [4.78, 5) is 14.7. The summed E-state index contributed by atoms with van der Waals surface area (Å²) in [6.07, 6.45) is 1.74. The third-order valence-corrected chi connectivity index (χ3v) is 6.44. The van der Waals surface area contributed by atoms with Gasteiger partial charge in [0.2, 0.25) is 0 Å². The minimum Gasteiger partial charge on any atom is -0.490 e. The van der Waals surface area contributed by atoms with E-state index in [2.05, 4.69) is 0 Å². The summed E-state index contributed by atoms with van der Waals surface area (Å²) in [5, 5.41) is 0.632. The molecule has 1 aliphatic heterocycles. The van der Waals surface area contributed by atoms with E-state index in [-0.39, 0.29) is 5.91 Å². The van der Waals surface area contributed by atoms with Crippen LogP contribution in [0.2, 0.25) is 5.02 Å². The van der Waals surface area contributed by atoms with Crippen LogP contribution >= 0.6 is 35.6 Å². The summed E-state index contributed by atoms with van der Waals surface area (Å²) in [7, 11) is 0. The zero-order chi connectivity index (χ0) is 23.4. The molecular weight excluding hydrogens is 481 g/mol. The number of ether oxygens (including phenoxy) is 2. The summed E-state index contributed by atoms with van der Waals surface area (Å²) >= 11 is 12.7. The number of hydrogen-bond acceptors (Lipinski definition) is 5. The van der Waals surface area contributed by atoms with Gasteiger partial charge in [-0.1, -0.05) is 65.9 Å².